The monoisotopic (exact) mass is 440 g/mol. The van der Waals surface area contributed by atoms with Crippen LogP contribution in [0.25, 0.3) is 10.9 Å². The Hall–Kier alpha value is -2.96. The van der Waals surface area contributed by atoms with E-state index in [1.807, 2.05) is 46.7 Å². The van der Waals surface area contributed by atoms with Crippen LogP contribution in [0.3, 0.4) is 0 Å². The molecule has 0 aliphatic carbocycles. The van der Waals surface area contributed by atoms with E-state index in [2.05, 4.69) is 6.07 Å². The number of hydrogen-bond donors (Lipinski definition) is 0. The van der Waals surface area contributed by atoms with E-state index in [0.717, 1.165) is 5.39 Å². The van der Waals surface area contributed by atoms with Crippen LogP contribution in [-0.2, 0) is 16.7 Å². The highest BCUT2D eigenvalue weighted by molar-refractivity contribution is 7.83. The minimum Gasteiger partial charge on any atom is -0.366 e. The van der Waals surface area contributed by atoms with E-state index in [1.165, 1.54) is 22.2 Å². The summed E-state index contributed by atoms with van der Waals surface area (Å²) in [5.41, 5.74) is 0.874. The average molecular weight is 441 g/mol. The summed E-state index contributed by atoms with van der Waals surface area (Å²) < 4.78 is 13.2. The molecule has 0 spiro atoms. The molecule has 1 aliphatic rings. The third-order valence-electron chi connectivity index (χ3n) is 5.18. The van der Waals surface area contributed by atoms with Gasteiger partial charge in [0.1, 0.15) is 17.5 Å². The van der Waals surface area contributed by atoms with Gasteiger partial charge in [0.05, 0.1) is 16.1 Å². The number of piperazine rings is 1. The van der Waals surface area contributed by atoms with Gasteiger partial charge in [-0.15, -0.1) is 11.3 Å². The second kappa shape index (κ2) is 8.42. The number of carbonyl (C=O) groups excluding carboxylic acids is 1. The number of rotatable bonds is 4. The molecule has 0 bridgehead atoms. The van der Waals surface area contributed by atoms with Crippen molar-refractivity contribution in [3.63, 3.8) is 0 Å². The number of carbonyl (C=O) groups is 1. The van der Waals surface area contributed by atoms with E-state index >= 15 is 0 Å². The van der Waals surface area contributed by atoms with Gasteiger partial charge in [-0.25, -0.2) is 0 Å². The molecule has 7 nitrogen and oxygen atoms in total. The summed E-state index contributed by atoms with van der Waals surface area (Å²) >= 11 is 1.42. The van der Waals surface area contributed by atoms with E-state index in [1.54, 1.807) is 4.90 Å². The van der Waals surface area contributed by atoms with Crippen LogP contribution >= 0.6 is 11.3 Å². The summed E-state index contributed by atoms with van der Waals surface area (Å²) in [6.07, 6.45) is 1.53. The molecule has 4 rings (SSSR count). The maximum Gasteiger partial charge on any atom is 0.271 e. The van der Waals surface area contributed by atoms with E-state index in [9.17, 15) is 19.1 Å². The van der Waals surface area contributed by atoms with Crippen LogP contribution in [0, 0.1) is 11.3 Å². The number of fused-ring (bicyclic) bond motifs is 1. The van der Waals surface area contributed by atoms with Crippen molar-refractivity contribution < 1.29 is 9.00 Å². The second-order valence-electron chi connectivity index (χ2n) is 7.04. The first-order valence-electron chi connectivity index (χ1n) is 9.44. The van der Waals surface area contributed by atoms with Crippen molar-refractivity contribution in [1.29, 1.82) is 5.26 Å². The molecule has 1 fully saturated rings. The number of aromatic nitrogens is 1. The van der Waals surface area contributed by atoms with Crippen molar-refractivity contribution in [3.05, 3.63) is 62.6 Å². The topological polar surface area (TPSA) is 86.4 Å². The fourth-order valence-electron chi connectivity index (χ4n) is 3.82. The summed E-state index contributed by atoms with van der Waals surface area (Å²) in [7, 11) is -1.23. The van der Waals surface area contributed by atoms with Crippen LogP contribution in [0.4, 0.5) is 5.69 Å². The number of benzene rings is 1. The first-order chi connectivity index (χ1) is 14.5. The Balaban J connectivity index is 1.72. The molecular weight excluding hydrogens is 420 g/mol. The number of nitrogens with zero attached hydrogens (tertiary/aromatic N) is 4. The van der Waals surface area contributed by atoms with Crippen molar-refractivity contribution in [3.8, 4) is 6.07 Å². The molecule has 0 N–H and O–H groups in total. The van der Waals surface area contributed by atoms with Crippen LogP contribution in [0.5, 0.6) is 0 Å². The summed E-state index contributed by atoms with van der Waals surface area (Å²) in [4.78, 5) is 30.2. The summed E-state index contributed by atoms with van der Waals surface area (Å²) in [5.74, 6) is 0.0491. The molecule has 1 atom stereocenters. The van der Waals surface area contributed by atoms with Gasteiger partial charge in [0, 0.05) is 48.6 Å². The lowest BCUT2D eigenvalue weighted by molar-refractivity contribution is 0.0751. The number of nitriles is 1. The SMILES string of the molecule is CS(=O)Cn1c(=O)c(C#N)c(N2CCN(C(=O)c3cccs3)CC2)c2ccccc21. The quantitative estimate of drug-likeness (QED) is 0.621. The van der Waals surface area contributed by atoms with Gasteiger partial charge >= 0.3 is 0 Å². The fraction of sp³-hybridized carbons (Fsp3) is 0.286. The van der Waals surface area contributed by atoms with Gasteiger partial charge in [0.15, 0.2) is 0 Å². The number of hydrogen-bond acceptors (Lipinski definition) is 6. The van der Waals surface area contributed by atoms with Crippen molar-refractivity contribution >= 4 is 44.6 Å². The predicted octanol–water partition coefficient (Wildman–Crippen LogP) is 2.23. The Morgan fingerprint density at radius 3 is 2.53 bits per heavy atom. The Labute approximate surface area is 180 Å². The zero-order chi connectivity index (χ0) is 21.3. The molecule has 1 aliphatic heterocycles. The van der Waals surface area contributed by atoms with Gasteiger partial charge < -0.3 is 9.80 Å². The highest BCUT2D eigenvalue weighted by Gasteiger charge is 2.27. The molecule has 3 aromatic rings. The van der Waals surface area contributed by atoms with E-state index in [-0.39, 0.29) is 17.3 Å². The van der Waals surface area contributed by atoms with Crippen LogP contribution in [0.15, 0.2) is 46.6 Å². The molecule has 1 unspecified atom stereocenters. The van der Waals surface area contributed by atoms with Crippen LogP contribution in [0.1, 0.15) is 15.2 Å². The lowest BCUT2D eigenvalue weighted by atomic mass is 10.1. The lowest BCUT2D eigenvalue weighted by Gasteiger charge is -2.37. The highest BCUT2D eigenvalue weighted by Crippen LogP contribution is 2.30. The molecule has 0 saturated carbocycles. The first kappa shape index (κ1) is 20.3. The van der Waals surface area contributed by atoms with Crippen molar-refractivity contribution in [2.75, 3.05) is 37.3 Å². The Bertz CT molecular complexity index is 1220. The van der Waals surface area contributed by atoms with Crippen molar-refractivity contribution in [1.82, 2.24) is 9.47 Å². The third-order valence-corrected chi connectivity index (χ3v) is 6.66. The normalized spacial score (nSPS) is 15.2. The zero-order valence-corrected chi connectivity index (χ0v) is 18.0. The third kappa shape index (κ3) is 3.64. The maximum absolute atomic E-state index is 13.1. The van der Waals surface area contributed by atoms with Gasteiger partial charge in [0.2, 0.25) is 0 Å². The molecular formula is C21H20N4O3S2. The van der Waals surface area contributed by atoms with E-state index in [0.29, 0.717) is 42.3 Å². The number of thiophene rings is 1. The summed E-state index contributed by atoms with van der Waals surface area (Å²) in [6, 6.07) is 13.1. The number of amides is 1. The molecule has 154 valence electrons. The standard InChI is InChI=1S/C21H20N4O3S2/c1-30(28)14-25-17-6-3-2-5-15(17)19(16(13-22)20(25)26)23-8-10-24(11-9-23)21(27)18-7-4-12-29-18/h2-7,12H,8-11,14H2,1H3. The minimum atomic E-state index is -1.23. The van der Waals surface area contributed by atoms with Gasteiger partial charge in [-0.05, 0) is 17.5 Å². The van der Waals surface area contributed by atoms with E-state index in [4.69, 9.17) is 0 Å². The van der Waals surface area contributed by atoms with Gasteiger partial charge in [0.25, 0.3) is 11.5 Å². The average Bonchev–Trinajstić information content (AvgIpc) is 3.29. The van der Waals surface area contributed by atoms with Crippen molar-refractivity contribution in [2.45, 2.75) is 5.88 Å². The first-order valence-corrected chi connectivity index (χ1v) is 12.1. The highest BCUT2D eigenvalue weighted by atomic mass is 32.2. The summed E-state index contributed by atoms with van der Waals surface area (Å²) in [5, 5.41) is 12.4. The van der Waals surface area contributed by atoms with Crippen LogP contribution in [-0.4, -0.2) is 52.0 Å². The van der Waals surface area contributed by atoms with Gasteiger partial charge in [-0.2, -0.15) is 5.26 Å². The largest absolute Gasteiger partial charge is 0.366 e. The minimum absolute atomic E-state index is 0.0101. The Morgan fingerprint density at radius 2 is 1.90 bits per heavy atom. The molecule has 0 radical (unpaired) electrons. The fourth-order valence-corrected chi connectivity index (χ4v) is 5.13. The van der Waals surface area contributed by atoms with Crippen LogP contribution < -0.4 is 10.5 Å². The molecule has 30 heavy (non-hydrogen) atoms. The summed E-state index contributed by atoms with van der Waals surface area (Å²) in [6.45, 7) is 2.08. The Kier molecular flexibility index (Phi) is 5.70. The molecule has 2 aromatic heterocycles. The lowest BCUT2D eigenvalue weighted by Crippen LogP contribution is -2.49. The van der Waals surface area contributed by atoms with Gasteiger partial charge in [-0.3, -0.25) is 18.4 Å². The molecule has 3 heterocycles. The molecule has 1 amide bonds. The second-order valence-corrected chi connectivity index (χ2v) is 9.40. The zero-order valence-electron chi connectivity index (χ0n) is 16.4. The maximum atomic E-state index is 13.1. The molecule has 1 aromatic carbocycles. The number of para-hydroxylation sites is 1. The molecule has 9 heteroatoms. The van der Waals surface area contributed by atoms with Crippen molar-refractivity contribution in [2.24, 2.45) is 0 Å². The molecule has 1 saturated heterocycles. The Morgan fingerprint density at radius 1 is 1.17 bits per heavy atom. The van der Waals surface area contributed by atoms with E-state index < -0.39 is 16.4 Å². The van der Waals surface area contributed by atoms with Gasteiger partial charge in [-0.1, -0.05) is 24.3 Å². The number of anilines is 1. The van der Waals surface area contributed by atoms with Crippen LogP contribution in [0.2, 0.25) is 0 Å². The smallest absolute Gasteiger partial charge is 0.271 e. The number of pyridine rings is 1. The predicted molar refractivity (Wildman–Crippen MR) is 119 cm³/mol.